The van der Waals surface area contributed by atoms with E-state index < -0.39 is 29.7 Å². The lowest BCUT2D eigenvalue weighted by atomic mass is 9.99. The predicted octanol–water partition coefficient (Wildman–Crippen LogP) is 2.21. The van der Waals surface area contributed by atoms with Gasteiger partial charge in [-0.05, 0) is 37.5 Å². The summed E-state index contributed by atoms with van der Waals surface area (Å²) in [5, 5.41) is 2.18. The van der Waals surface area contributed by atoms with E-state index in [0.717, 1.165) is 16.0 Å². The van der Waals surface area contributed by atoms with Gasteiger partial charge in [0.05, 0.1) is 11.1 Å². The molecule has 1 N–H and O–H groups in total. The smallest absolute Gasteiger partial charge is 0.262 e. The standard InChI is InChI=1S/C23H20N2O5/c1-13-2-6-15(7-3-13)19(26)10-5-14-4-8-16-17(12-14)23(30)25(22(16)29)18-9-11-20(27)24-21(18)28/h2-4,6-8,12,18H,5,9-11H2,1H3,(H,24,27,28). The zero-order valence-electron chi connectivity index (χ0n) is 16.4. The maximum atomic E-state index is 12.9. The zero-order chi connectivity index (χ0) is 21.4. The number of aryl methyl sites for hydroxylation is 2. The monoisotopic (exact) mass is 404 g/mol. The van der Waals surface area contributed by atoms with Gasteiger partial charge in [0.2, 0.25) is 11.8 Å². The summed E-state index contributed by atoms with van der Waals surface area (Å²) >= 11 is 0. The van der Waals surface area contributed by atoms with Crippen LogP contribution in [-0.4, -0.2) is 40.4 Å². The Hall–Kier alpha value is -3.61. The van der Waals surface area contributed by atoms with Gasteiger partial charge in [-0.3, -0.25) is 34.2 Å². The first-order valence-corrected chi connectivity index (χ1v) is 9.79. The highest BCUT2D eigenvalue weighted by Crippen LogP contribution is 2.28. The van der Waals surface area contributed by atoms with E-state index in [-0.39, 0.29) is 36.2 Å². The van der Waals surface area contributed by atoms with Crippen LogP contribution in [0.2, 0.25) is 0 Å². The summed E-state index contributed by atoms with van der Waals surface area (Å²) in [6.45, 7) is 1.95. The van der Waals surface area contributed by atoms with Crippen molar-refractivity contribution in [3.8, 4) is 0 Å². The average molecular weight is 404 g/mol. The molecule has 2 aliphatic heterocycles. The molecule has 0 radical (unpaired) electrons. The molecule has 0 aliphatic carbocycles. The lowest BCUT2D eigenvalue weighted by Crippen LogP contribution is -2.54. The van der Waals surface area contributed by atoms with Gasteiger partial charge in [0.1, 0.15) is 6.04 Å². The van der Waals surface area contributed by atoms with Gasteiger partial charge >= 0.3 is 0 Å². The number of piperidine rings is 1. The van der Waals surface area contributed by atoms with Crippen molar-refractivity contribution >= 4 is 29.4 Å². The molecular formula is C23H20N2O5. The van der Waals surface area contributed by atoms with Gasteiger partial charge in [-0.2, -0.15) is 0 Å². The lowest BCUT2D eigenvalue weighted by Gasteiger charge is -2.27. The van der Waals surface area contributed by atoms with E-state index in [2.05, 4.69) is 5.32 Å². The van der Waals surface area contributed by atoms with Crippen LogP contribution in [0.1, 0.15) is 61.5 Å². The third-order valence-electron chi connectivity index (χ3n) is 5.52. The number of carbonyl (C=O) groups excluding carboxylic acids is 5. The molecule has 4 amide bonds. The summed E-state index contributed by atoms with van der Waals surface area (Å²) in [6, 6.07) is 11.3. The molecule has 1 unspecified atom stereocenters. The maximum Gasteiger partial charge on any atom is 0.262 e. The third-order valence-corrected chi connectivity index (χ3v) is 5.52. The fraction of sp³-hybridized carbons (Fsp3) is 0.261. The number of benzene rings is 2. The lowest BCUT2D eigenvalue weighted by molar-refractivity contribution is -0.136. The van der Waals surface area contributed by atoms with Crippen molar-refractivity contribution in [2.45, 2.75) is 38.6 Å². The van der Waals surface area contributed by atoms with E-state index in [9.17, 15) is 24.0 Å². The van der Waals surface area contributed by atoms with Gasteiger partial charge in [0.15, 0.2) is 5.78 Å². The van der Waals surface area contributed by atoms with E-state index in [1.807, 2.05) is 19.1 Å². The molecule has 1 atom stereocenters. The first-order chi connectivity index (χ1) is 14.3. The first kappa shape index (κ1) is 19.7. The van der Waals surface area contributed by atoms with E-state index >= 15 is 0 Å². The van der Waals surface area contributed by atoms with Crippen LogP contribution in [0.15, 0.2) is 42.5 Å². The highest BCUT2D eigenvalue weighted by atomic mass is 16.2. The van der Waals surface area contributed by atoms with Gasteiger partial charge < -0.3 is 0 Å². The van der Waals surface area contributed by atoms with Crippen LogP contribution in [0.25, 0.3) is 0 Å². The van der Waals surface area contributed by atoms with E-state index in [1.165, 1.54) is 0 Å². The Labute approximate surface area is 173 Å². The summed E-state index contributed by atoms with van der Waals surface area (Å²) in [7, 11) is 0. The number of rotatable bonds is 5. The number of hydrogen-bond acceptors (Lipinski definition) is 5. The normalized spacial score (nSPS) is 18.4. The third kappa shape index (κ3) is 3.54. The summed E-state index contributed by atoms with van der Waals surface area (Å²) in [5.41, 5.74) is 2.94. The van der Waals surface area contributed by atoms with E-state index in [0.29, 0.717) is 12.0 Å². The molecule has 0 bridgehead atoms. The van der Waals surface area contributed by atoms with Gasteiger partial charge in [-0.1, -0.05) is 35.9 Å². The molecule has 0 saturated carbocycles. The first-order valence-electron chi connectivity index (χ1n) is 9.79. The van der Waals surface area contributed by atoms with Crippen LogP contribution in [-0.2, 0) is 16.0 Å². The van der Waals surface area contributed by atoms with E-state index in [4.69, 9.17) is 0 Å². The van der Waals surface area contributed by atoms with Crippen LogP contribution in [0.5, 0.6) is 0 Å². The van der Waals surface area contributed by atoms with Crippen LogP contribution in [0, 0.1) is 6.92 Å². The number of ketones is 1. The molecule has 2 heterocycles. The Kier molecular flexibility index (Phi) is 5.03. The summed E-state index contributed by atoms with van der Waals surface area (Å²) < 4.78 is 0. The number of imide groups is 2. The number of amides is 4. The van der Waals surface area contributed by atoms with Crippen molar-refractivity contribution in [2.24, 2.45) is 0 Å². The molecule has 30 heavy (non-hydrogen) atoms. The van der Waals surface area contributed by atoms with Crippen LogP contribution in [0.3, 0.4) is 0 Å². The number of Topliss-reactive ketones (excluding diaryl/α,β-unsaturated/α-hetero) is 1. The predicted molar refractivity (Wildman–Crippen MR) is 107 cm³/mol. The van der Waals surface area contributed by atoms with E-state index in [1.54, 1.807) is 30.3 Å². The number of nitrogens with zero attached hydrogens (tertiary/aromatic N) is 1. The Morgan fingerprint density at radius 2 is 1.70 bits per heavy atom. The maximum absolute atomic E-state index is 12.9. The number of carbonyl (C=O) groups is 5. The van der Waals surface area contributed by atoms with Gasteiger partial charge in [0, 0.05) is 18.4 Å². The van der Waals surface area contributed by atoms with Crippen molar-refractivity contribution in [2.75, 3.05) is 0 Å². The van der Waals surface area contributed by atoms with Crippen molar-refractivity contribution in [1.82, 2.24) is 10.2 Å². The Balaban J connectivity index is 1.49. The van der Waals surface area contributed by atoms with Crippen molar-refractivity contribution in [1.29, 1.82) is 0 Å². The molecule has 152 valence electrons. The largest absolute Gasteiger partial charge is 0.295 e. The molecule has 7 nitrogen and oxygen atoms in total. The molecular weight excluding hydrogens is 384 g/mol. The molecule has 1 fully saturated rings. The molecule has 2 aromatic carbocycles. The Bertz CT molecular complexity index is 1090. The highest BCUT2D eigenvalue weighted by Gasteiger charge is 2.44. The average Bonchev–Trinajstić information content (AvgIpc) is 2.97. The molecule has 7 heteroatoms. The molecule has 2 aromatic rings. The van der Waals surface area contributed by atoms with Crippen LogP contribution >= 0.6 is 0 Å². The van der Waals surface area contributed by atoms with Crippen molar-refractivity contribution in [3.05, 3.63) is 70.3 Å². The molecule has 1 saturated heterocycles. The summed E-state index contributed by atoms with van der Waals surface area (Å²) in [4.78, 5) is 62.4. The SMILES string of the molecule is Cc1ccc(C(=O)CCc2ccc3c(c2)C(=O)N(C2CCC(=O)NC2=O)C3=O)cc1. The summed E-state index contributed by atoms with van der Waals surface area (Å²) in [5.74, 6) is -2.12. The second kappa shape index (κ2) is 7.67. The number of fused-ring (bicyclic) bond motifs is 1. The van der Waals surface area contributed by atoms with Gasteiger partial charge in [-0.15, -0.1) is 0 Å². The fourth-order valence-electron chi connectivity index (χ4n) is 3.82. The van der Waals surface area contributed by atoms with Crippen LogP contribution < -0.4 is 5.32 Å². The minimum absolute atomic E-state index is 0.00284. The van der Waals surface area contributed by atoms with Crippen molar-refractivity contribution < 1.29 is 24.0 Å². The fourth-order valence-corrected chi connectivity index (χ4v) is 3.82. The topological polar surface area (TPSA) is 101 Å². The second-order valence-electron chi connectivity index (χ2n) is 7.62. The van der Waals surface area contributed by atoms with Gasteiger partial charge in [-0.25, -0.2) is 0 Å². The number of hydrogen-bond donors (Lipinski definition) is 1. The second-order valence-corrected chi connectivity index (χ2v) is 7.62. The molecule has 2 aliphatic rings. The van der Waals surface area contributed by atoms with Gasteiger partial charge in [0.25, 0.3) is 11.8 Å². The Morgan fingerprint density at radius 1 is 1.00 bits per heavy atom. The molecule has 0 spiro atoms. The number of nitrogens with one attached hydrogen (secondary N) is 1. The molecule has 4 rings (SSSR count). The Morgan fingerprint density at radius 3 is 2.40 bits per heavy atom. The minimum atomic E-state index is -0.985. The molecule has 0 aromatic heterocycles. The highest BCUT2D eigenvalue weighted by molar-refractivity contribution is 6.23. The van der Waals surface area contributed by atoms with Crippen LogP contribution in [0.4, 0.5) is 0 Å². The van der Waals surface area contributed by atoms with Crippen molar-refractivity contribution in [3.63, 3.8) is 0 Å². The summed E-state index contributed by atoms with van der Waals surface area (Å²) in [6.07, 6.45) is 0.908. The zero-order valence-corrected chi connectivity index (χ0v) is 16.4. The quantitative estimate of drug-likeness (QED) is 0.608. The minimum Gasteiger partial charge on any atom is -0.295 e.